The maximum Gasteiger partial charge on any atom is 0.337 e. The number of nitrogens with one attached hydrogen (secondary N) is 2. The zero-order valence-corrected chi connectivity index (χ0v) is 22.1. The van der Waals surface area contributed by atoms with E-state index >= 15 is 0 Å². The third kappa shape index (κ3) is 5.60. The van der Waals surface area contributed by atoms with Gasteiger partial charge in [-0.2, -0.15) is 0 Å². The van der Waals surface area contributed by atoms with Crippen molar-refractivity contribution in [2.75, 3.05) is 49.3 Å². The molecule has 0 saturated heterocycles. The van der Waals surface area contributed by atoms with E-state index in [0.29, 0.717) is 34.6 Å². The number of nitrogens with zero attached hydrogens (tertiary/aromatic N) is 2. The average Bonchev–Trinajstić information content (AvgIpc) is 3.28. The minimum Gasteiger partial charge on any atom is -0.465 e. The topological polar surface area (TPSA) is 91.0 Å². The number of amides is 2. The summed E-state index contributed by atoms with van der Waals surface area (Å²) in [4.78, 5) is 41.6. The Hall–Kier alpha value is -4.43. The first-order chi connectivity index (χ1) is 18.4. The van der Waals surface area contributed by atoms with Crippen LogP contribution in [0.15, 0.2) is 72.8 Å². The largest absolute Gasteiger partial charge is 0.465 e. The second-order valence-electron chi connectivity index (χ2n) is 8.91. The van der Waals surface area contributed by atoms with Gasteiger partial charge in [0.2, 0.25) is 5.91 Å². The van der Waals surface area contributed by atoms with E-state index in [-0.39, 0.29) is 11.8 Å². The molecule has 2 N–H and O–H groups in total. The van der Waals surface area contributed by atoms with Crippen molar-refractivity contribution in [1.29, 1.82) is 0 Å². The standard InChI is InChI=1S/C30H32N4O4/c1-5-34(6-2)19-26(35)33(3)23-15-13-22(14-16-23)31-28(20-10-8-7-9-11-20)27-24-17-12-21(30(37)38-4)18-25(24)32-29(27)36/h7-18,31H,5-6,19H2,1-4H3,(H,32,36)/b28-27-. The number of fused-ring (bicyclic) bond motifs is 1. The zero-order valence-electron chi connectivity index (χ0n) is 22.1. The summed E-state index contributed by atoms with van der Waals surface area (Å²) >= 11 is 0. The zero-order chi connectivity index (χ0) is 27.2. The van der Waals surface area contributed by atoms with E-state index in [1.807, 2.05) is 68.4 Å². The Morgan fingerprint density at radius 3 is 2.24 bits per heavy atom. The first-order valence-electron chi connectivity index (χ1n) is 12.6. The quantitative estimate of drug-likeness (QED) is 0.319. The van der Waals surface area contributed by atoms with Crippen molar-refractivity contribution in [3.8, 4) is 0 Å². The fraction of sp³-hybridized carbons (Fsp3) is 0.233. The van der Waals surface area contributed by atoms with Gasteiger partial charge in [0, 0.05) is 24.0 Å². The van der Waals surface area contributed by atoms with Crippen LogP contribution < -0.4 is 15.5 Å². The van der Waals surface area contributed by atoms with Gasteiger partial charge >= 0.3 is 5.97 Å². The predicted octanol–water partition coefficient (Wildman–Crippen LogP) is 4.71. The van der Waals surface area contributed by atoms with E-state index in [1.165, 1.54) is 7.11 Å². The minimum atomic E-state index is -0.471. The van der Waals surface area contributed by atoms with Crippen LogP contribution in [-0.4, -0.2) is 56.5 Å². The number of rotatable bonds is 9. The molecule has 3 aromatic rings. The van der Waals surface area contributed by atoms with Crippen LogP contribution in [0.1, 0.15) is 35.3 Å². The highest BCUT2D eigenvalue weighted by molar-refractivity contribution is 6.37. The van der Waals surface area contributed by atoms with E-state index in [2.05, 4.69) is 15.5 Å². The van der Waals surface area contributed by atoms with Crippen molar-refractivity contribution in [3.63, 3.8) is 0 Å². The van der Waals surface area contributed by atoms with Crippen LogP contribution in [0.25, 0.3) is 11.3 Å². The van der Waals surface area contributed by atoms with Gasteiger partial charge in [0.1, 0.15) is 0 Å². The molecule has 4 rings (SSSR count). The summed E-state index contributed by atoms with van der Waals surface area (Å²) in [6.07, 6.45) is 0. The molecule has 0 spiro atoms. The lowest BCUT2D eigenvalue weighted by Crippen LogP contribution is -2.38. The summed E-state index contributed by atoms with van der Waals surface area (Å²) in [5, 5.41) is 6.29. The van der Waals surface area contributed by atoms with Crippen LogP contribution in [0.4, 0.5) is 17.1 Å². The maximum absolute atomic E-state index is 13.2. The maximum atomic E-state index is 13.2. The number of methoxy groups -OCH3 is 1. The van der Waals surface area contributed by atoms with E-state index in [4.69, 9.17) is 4.74 Å². The van der Waals surface area contributed by atoms with Gasteiger partial charge in [-0.1, -0.05) is 50.2 Å². The van der Waals surface area contributed by atoms with Crippen molar-refractivity contribution in [2.24, 2.45) is 0 Å². The van der Waals surface area contributed by atoms with Crippen molar-refractivity contribution in [3.05, 3.63) is 89.5 Å². The van der Waals surface area contributed by atoms with Crippen molar-refractivity contribution >= 4 is 46.1 Å². The summed E-state index contributed by atoms with van der Waals surface area (Å²) in [5.41, 5.74) is 5.07. The van der Waals surface area contributed by atoms with E-state index < -0.39 is 5.97 Å². The number of esters is 1. The number of anilines is 3. The van der Waals surface area contributed by atoms with Gasteiger partial charge in [-0.3, -0.25) is 14.5 Å². The number of hydrogen-bond donors (Lipinski definition) is 2. The van der Waals surface area contributed by atoms with Gasteiger partial charge in [0.25, 0.3) is 5.91 Å². The van der Waals surface area contributed by atoms with E-state index in [1.54, 1.807) is 30.1 Å². The number of ether oxygens (including phenoxy) is 1. The molecule has 3 aromatic carbocycles. The molecule has 8 nitrogen and oxygen atoms in total. The predicted molar refractivity (Wildman–Crippen MR) is 151 cm³/mol. The molecule has 0 unspecified atom stereocenters. The van der Waals surface area contributed by atoms with Crippen LogP contribution in [0.3, 0.4) is 0 Å². The van der Waals surface area contributed by atoms with Crippen LogP contribution in [-0.2, 0) is 14.3 Å². The Morgan fingerprint density at radius 1 is 0.921 bits per heavy atom. The van der Waals surface area contributed by atoms with E-state index in [0.717, 1.165) is 30.0 Å². The molecule has 1 aliphatic rings. The minimum absolute atomic E-state index is 0.0204. The van der Waals surface area contributed by atoms with Gasteiger partial charge in [0.05, 0.1) is 36.2 Å². The second kappa shape index (κ2) is 11.7. The van der Waals surface area contributed by atoms with Gasteiger partial charge in [0.15, 0.2) is 0 Å². The molecular formula is C30H32N4O4. The highest BCUT2D eigenvalue weighted by Crippen LogP contribution is 2.38. The first-order valence-corrected chi connectivity index (χ1v) is 12.6. The fourth-order valence-electron chi connectivity index (χ4n) is 4.35. The molecule has 8 heteroatoms. The molecule has 0 fully saturated rings. The van der Waals surface area contributed by atoms with Crippen molar-refractivity contribution < 1.29 is 19.1 Å². The molecule has 38 heavy (non-hydrogen) atoms. The lowest BCUT2D eigenvalue weighted by molar-refractivity contribution is -0.119. The molecule has 0 aromatic heterocycles. The fourth-order valence-corrected chi connectivity index (χ4v) is 4.35. The highest BCUT2D eigenvalue weighted by atomic mass is 16.5. The van der Waals surface area contributed by atoms with Gasteiger partial charge in [-0.05, 0) is 55.1 Å². The SMILES string of the molecule is CCN(CC)CC(=O)N(C)c1ccc(N/C(=C2\C(=O)Nc3cc(C(=O)OC)ccc32)c2ccccc2)cc1. The van der Waals surface area contributed by atoms with Crippen LogP contribution in [0, 0.1) is 0 Å². The summed E-state index contributed by atoms with van der Waals surface area (Å²) in [5.74, 6) is -0.722. The summed E-state index contributed by atoms with van der Waals surface area (Å²) in [6, 6.07) is 22.1. The number of carbonyl (C=O) groups is 3. The molecule has 1 heterocycles. The number of benzene rings is 3. The number of carbonyl (C=O) groups excluding carboxylic acids is 3. The highest BCUT2D eigenvalue weighted by Gasteiger charge is 2.29. The molecule has 2 amide bonds. The molecule has 0 atom stereocenters. The monoisotopic (exact) mass is 512 g/mol. The van der Waals surface area contributed by atoms with Gasteiger partial charge < -0.3 is 20.3 Å². The Bertz CT molecular complexity index is 1360. The summed E-state index contributed by atoms with van der Waals surface area (Å²) in [6.45, 7) is 6.07. The summed E-state index contributed by atoms with van der Waals surface area (Å²) < 4.78 is 4.81. The lowest BCUT2D eigenvalue weighted by Gasteiger charge is -2.23. The molecule has 1 aliphatic heterocycles. The van der Waals surface area contributed by atoms with Crippen molar-refractivity contribution in [1.82, 2.24) is 4.90 Å². The Labute approximate surface area is 222 Å². The number of likely N-dealkylation sites (N-methyl/N-ethyl adjacent to an activating group) is 2. The first kappa shape index (κ1) is 26.6. The summed E-state index contributed by atoms with van der Waals surface area (Å²) in [7, 11) is 3.09. The molecule has 0 bridgehead atoms. The second-order valence-corrected chi connectivity index (χ2v) is 8.91. The molecule has 0 aliphatic carbocycles. The molecular weight excluding hydrogens is 480 g/mol. The smallest absolute Gasteiger partial charge is 0.337 e. The van der Waals surface area contributed by atoms with Gasteiger partial charge in [-0.15, -0.1) is 0 Å². The normalized spacial score (nSPS) is 13.6. The number of hydrogen-bond acceptors (Lipinski definition) is 6. The van der Waals surface area contributed by atoms with Crippen molar-refractivity contribution in [2.45, 2.75) is 13.8 Å². The van der Waals surface area contributed by atoms with Gasteiger partial charge in [-0.25, -0.2) is 4.79 Å². The van der Waals surface area contributed by atoms with E-state index in [9.17, 15) is 14.4 Å². The Balaban J connectivity index is 1.66. The Morgan fingerprint density at radius 2 is 1.61 bits per heavy atom. The molecule has 0 saturated carbocycles. The molecule has 0 radical (unpaired) electrons. The van der Waals surface area contributed by atoms with Crippen LogP contribution in [0.2, 0.25) is 0 Å². The average molecular weight is 513 g/mol. The Kier molecular flexibility index (Phi) is 8.23. The lowest BCUT2D eigenvalue weighted by atomic mass is 9.99. The van der Waals surface area contributed by atoms with Crippen LogP contribution >= 0.6 is 0 Å². The van der Waals surface area contributed by atoms with Crippen LogP contribution in [0.5, 0.6) is 0 Å². The molecule has 196 valence electrons. The third-order valence-corrected chi connectivity index (χ3v) is 6.65. The third-order valence-electron chi connectivity index (χ3n) is 6.65.